The van der Waals surface area contributed by atoms with Gasteiger partial charge in [0.2, 0.25) is 15.9 Å². The van der Waals surface area contributed by atoms with Crippen LogP contribution in [0.15, 0.2) is 29.2 Å². The van der Waals surface area contributed by atoms with Gasteiger partial charge in [0.1, 0.15) is 6.04 Å². The summed E-state index contributed by atoms with van der Waals surface area (Å²) < 4.78 is 27.2. The molecule has 0 fully saturated rings. The second kappa shape index (κ2) is 8.26. The molecule has 0 saturated carbocycles. The van der Waals surface area contributed by atoms with Crippen LogP contribution in [0.3, 0.4) is 0 Å². The normalized spacial score (nSPS) is 13.1. The number of carbonyl (C=O) groups excluding carboxylic acids is 1. The first-order chi connectivity index (χ1) is 10.3. The van der Waals surface area contributed by atoms with Crippen LogP contribution < -0.4 is 10.0 Å². The highest BCUT2D eigenvalue weighted by Gasteiger charge is 2.26. The number of rotatable bonds is 8. The summed E-state index contributed by atoms with van der Waals surface area (Å²) in [5, 5.41) is 11.3. The molecule has 3 N–H and O–H groups in total. The number of hydrogen-bond acceptors (Lipinski definition) is 4. The van der Waals surface area contributed by atoms with Crippen LogP contribution in [0.25, 0.3) is 0 Å². The quantitative estimate of drug-likeness (QED) is 0.658. The number of hydrogen-bond donors (Lipinski definition) is 3. The molecule has 0 saturated heterocycles. The molecule has 0 heterocycles. The second-order valence-electron chi connectivity index (χ2n) is 5.63. The molecule has 124 valence electrons. The molecule has 6 nitrogen and oxygen atoms in total. The van der Waals surface area contributed by atoms with E-state index in [0.717, 1.165) is 5.56 Å². The van der Waals surface area contributed by atoms with Gasteiger partial charge in [-0.25, -0.2) is 8.42 Å². The number of aryl methyl sites for hydroxylation is 1. The van der Waals surface area contributed by atoms with Crippen molar-refractivity contribution in [2.75, 3.05) is 13.2 Å². The Morgan fingerprint density at radius 2 is 1.82 bits per heavy atom. The number of carbonyl (C=O) groups is 1. The number of amides is 1. The van der Waals surface area contributed by atoms with Crippen molar-refractivity contribution in [3.05, 3.63) is 29.8 Å². The van der Waals surface area contributed by atoms with E-state index in [1.165, 1.54) is 12.1 Å². The largest absolute Gasteiger partial charge is 0.395 e. The van der Waals surface area contributed by atoms with Gasteiger partial charge in [-0.05, 0) is 31.4 Å². The standard InChI is InChI=1S/C15H24N2O4S/c1-11(2)10-14(15(19)16-8-9-18)17-22(20,21)13-6-4-12(3)5-7-13/h4-7,11,14,17-18H,8-10H2,1-3H3,(H,16,19)/t14-/m1/s1. The maximum absolute atomic E-state index is 12.4. The molecule has 1 rings (SSSR count). The van der Waals surface area contributed by atoms with Crippen molar-refractivity contribution in [2.24, 2.45) is 5.92 Å². The fourth-order valence-electron chi connectivity index (χ4n) is 1.96. The van der Waals surface area contributed by atoms with Gasteiger partial charge in [0, 0.05) is 6.54 Å². The van der Waals surface area contributed by atoms with E-state index in [-0.39, 0.29) is 24.0 Å². The van der Waals surface area contributed by atoms with Crippen molar-refractivity contribution in [3.8, 4) is 0 Å². The SMILES string of the molecule is Cc1ccc(S(=O)(=O)N[C@H](CC(C)C)C(=O)NCCO)cc1. The van der Waals surface area contributed by atoms with E-state index in [1.54, 1.807) is 12.1 Å². The van der Waals surface area contributed by atoms with E-state index >= 15 is 0 Å². The van der Waals surface area contributed by atoms with Crippen LogP contribution in [0, 0.1) is 12.8 Å². The molecule has 0 aromatic heterocycles. The summed E-state index contributed by atoms with van der Waals surface area (Å²) in [6.45, 7) is 5.59. The highest BCUT2D eigenvalue weighted by atomic mass is 32.2. The third-order valence-electron chi connectivity index (χ3n) is 3.06. The fourth-order valence-corrected chi connectivity index (χ4v) is 3.16. The molecule has 0 aliphatic rings. The molecular weight excluding hydrogens is 304 g/mol. The first-order valence-electron chi connectivity index (χ1n) is 7.24. The van der Waals surface area contributed by atoms with E-state index in [4.69, 9.17) is 5.11 Å². The van der Waals surface area contributed by atoms with Crippen LogP contribution in [0.4, 0.5) is 0 Å². The van der Waals surface area contributed by atoms with Gasteiger partial charge in [0.25, 0.3) is 0 Å². The van der Waals surface area contributed by atoms with E-state index < -0.39 is 22.0 Å². The Hall–Kier alpha value is -1.44. The Morgan fingerprint density at radius 1 is 1.23 bits per heavy atom. The summed E-state index contributed by atoms with van der Waals surface area (Å²) in [5.41, 5.74) is 0.957. The lowest BCUT2D eigenvalue weighted by Gasteiger charge is -2.20. The predicted molar refractivity (Wildman–Crippen MR) is 84.8 cm³/mol. The average molecular weight is 328 g/mol. The maximum atomic E-state index is 12.4. The summed E-state index contributed by atoms with van der Waals surface area (Å²) in [7, 11) is -3.77. The Labute approximate surface area is 132 Å². The van der Waals surface area contributed by atoms with Crippen molar-refractivity contribution in [1.82, 2.24) is 10.0 Å². The molecule has 1 atom stereocenters. The lowest BCUT2D eigenvalue weighted by Crippen LogP contribution is -2.47. The molecule has 0 unspecified atom stereocenters. The fraction of sp³-hybridized carbons (Fsp3) is 0.533. The zero-order valence-corrected chi connectivity index (χ0v) is 14.0. The van der Waals surface area contributed by atoms with Gasteiger partial charge in [-0.1, -0.05) is 31.5 Å². The summed E-state index contributed by atoms with van der Waals surface area (Å²) in [4.78, 5) is 12.2. The van der Waals surface area contributed by atoms with Gasteiger partial charge in [-0.3, -0.25) is 4.79 Å². The molecule has 7 heteroatoms. The topological polar surface area (TPSA) is 95.5 Å². The lowest BCUT2D eigenvalue weighted by molar-refractivity contribution is -0.123. The zero-order chi connectivity index (χ0) is 16.8. The van der Waals surface area contributed by atoms with E-state index in [2.05, 4.69) is 10.0 Å². The molecule has 0 bridgehead atoms. The highest BCUT2D eigenvalue weighted by Crippen LogP contribution is 2.13. The van der Waals surface area contributed by atoms with Crippen LogP contribution in [-0.2, 0) is 14.8 Å². The van der Waals surface area contributed by atoms with E-state index in [0.29, 0.717) is 6.42 Å². The Kier molecular flexibility index (Phi) is 6.99. The third kappa shape index (κ3) is 5.75. The number of aliphatic hydroxyl groups excluding tert-OH is 1. The van der Waals surface area contributed by atoms with Crippen LogP contribution in [0.2, 0.25) is 0 Å². The molecule has 1 aromatic carbocycles. The average Bonchev–Trinajstić information content (AvgIpc) is 2.43. The number of aliphatic hydroxyl groups is 1. The van der Waals surface area contributed by atoms with Crippen molar-refractivity contribution >= 4 is 15.9 Å². The summed E-state index contributed by atoms with van der Waals surface area (Å²) in [6.07, 6.45) is 0.377. The molecule has 1 aromatic rings. The van der Waals surface area contributed by atoms with Crippen LogP contribution in [-0.4, -0.2) is 38.6 Å². The Bertz CT molecular complexity index is 582. The van der Waals surface area contributed by atoms with Gasteiger partial charge in [-0.15, -0.1) is 0 Å². The Morgan fingerprint density at radius 3 is 2.32 bits per heavy atom. The van der Waals surface area contributed by atoms with Crippen molar-refractivity contribution in [1.29, 1.82) is 0 Å². The van der Waals surface area contributed by atoms with Gasteiger partial charge in [-0.2, -0.15) is 4.72 Å². The molecule has 1 amide bonds. The lowest BCUT2D eigenvalue weighted by atomic mass is 10.0. The minimum Gasteiger partial charge on any atom is -0.395 e. The van der Waals surface area contributed by atoms with E-state index in [9.17, 15) is 13.2 Å². The van der Waals surface area contributed by atoms with Crippen molar-refractivity contribution in [3.63, 3.8) is 0 Å². The summed E-state index contributed by atoms with van der Waals surface area (Å²) in [5.74, 6) is -0.288. The molecule has 0 radical (unpaired) electrons. The number of sulfonamides is 1. The van der Waals surface area contributed by atoms with Gasteiger partial charge < -0.3 is 10.4 Å². The van der Waals surface area contributed by atoms with Crippen LogP contribution in [0.1, 0.15) is 25.8 Å². The minimum absolute atomic E-state index is 0.0969. The monoisotopic (exact) mass is 328 g/mol. The molecule has 0 spiro atoms. The number of nitrogens with one attached hydrogen (secondary N) is 2. The first kappa shape index (κ1) is 18.6. The second-order valence-corrected chi connectivity index (χ2v) is 7.35. The Balaban J connectivity index is 2.91. The molecular formula is C15H24N2O4S. The minimum atomic E-state index is -3.77. The molecule has 22 heavy (non-hydrogen) atoms. The van der Waals surface area contributed by atoms with Crippen LogP contribution in [0.5, 0.6) is 0 Å². The summed E-state index contributed by atoms with van der Waals surface area (Å²) in [6, 6.07) is 5.57. The predicted octanol–water partition coefficient (Wildman–Crippen LogP) is 0.797. The van der Waals surface area contributed by atoms with Gasteiger partial charge in [0.15, 0.2) is 0 Å². The van der Waals surface area contributed by atoms with Crippen LogP contribution >= 0.6 is 0 Å². The third-order valence-corrected chi connectivity index (χ3v) is 4.55. The maximum Gasteiger partial charge on any atom is 0.241 e. The van der Waals surface area contributed by atoms with E-state index in [1.807, 2.05) is 20.8 Å². The molecule has 0 aliphatic carbocycles. The van der Waals surface area contributed by atoms with Crippen molar-refractivity contribution in [2.45, 2.75) is 38.1 Å². The van der Waals surface area contributed by atoms with Gasteiger partial charge in [0.05, 0.1) is 11.5 Å². The van der Waals surface area contributed by atoms with Crippen molar-refractivity contribution < 1.29 is 18.3 Å². The zero-order valence-electron chi connectivity index (χ0n) is 13.2. The highest BCUT2D eigenvalue weighted by molar-refractivity contribution is 7.89. The summed E-state index contributed by atoms with van der Waals surface area (Å²) >= 11 is 0. The smallest absolute Gasteiger partial charge is 0.241 e. The first-order valence-corrected chi connectivity index (χ1v) is 8.72. The van der Waals surface area contributed by atoms with Gasteiger partial charge >= 0.3 is 0 Å². The molecule has 0 aliphatic heterocycles. The number of benzene rings is 1.